The fourth-order valence-corrected chi connectivity index (χ4v) is 5.43. The minimum atomic E-state index is -0.874. The topological polar surface area (TPSA) is 54.1 Å². The van der Waals surface area contributed by atoms with E-state index in [1.807, 2.05) is 6.07 Å². The normalized spacial score (nSPS) is 30.7. The van der Waals surface area contributed by atoms with Crippen molar-refractivity contribution in [3.63, 3.8) is 0 Å². The fourth-order valence-electron chi connectivity index (χ4n) is 4.93. The van der Waals surface area contributed by atoms with Gasteiger partial charge in [-0.05, 0) is 39.8 Å². The van der Waals surface area contributed by atoms with Crippen LogP contribution in [-0.2, 0) is 14.3 Å². The molecule has 0 radical (unpaired) electrons. The molecule has 3 aliphatic heterocycles. The Morgan fingerprint density at radius 2 is 1.81 bits per heavy atom. The molecule has 5 nitrogen and oxygen atoms in total. The molecule has 1 aromatic rings. The van der Waals surface area contributed by atoms with Crippen LogP contribution in [0.3, 0.4) is 0 Å². The first-order valence-electron chi connectivity index (χ1n) is 9.35. The summed E-state index contributed by atoms with van der Waals surface area (Å²) in [6, 6.07) is 5.32. The molecule has 3 saturated heterocycles. The number of piperidine rings is 1. The first-order chi connectivity index (χ1) is 12.5. The van der Waals surface area contributed by atoms with E-state index in [2.05, 4.69) is 33.0 Å². The number of amides is 1. The molecule has 3 fully saturated rings. The van der Waals surface area contributed by atoms with Crippen LogP contribution in [-0.4, -0.2) is 46.7 Å². The number of benzene rings is 1. The summed E-state index contributed by atoms with van der Waals surface area (Å²) < 4.78 is 12.0. The first-order valence-corrected chi connectivity index (χ1v) is 10.1. The molecule has 2 unspecified atom stereocenters. The quantitative estimate of drug-likeness (QED) is 0.764. The van der Waals surface area contributed by atoms with Crippen LogP contribution < -0.4 is 5.32 Å². The fraction of sp³-hybridized carbons (Fsp3) is 0.650. The van der Waals surface area contributed by atoms with E-state index >= 15 is 0 Å². The van der Waals surface area contributed by atoms with Gasteiger partial charge in [-0.25, -0.2) is 0 Å². The third kappa shape index (κ3) is 3.73. The molecular weight excluding hydrogens is 387 g/mol. The standard InChI is InChI=1S/C20H26Cl2N2O3/c1-18(2)10-20(11-19(3,4)23-18)17(25)24(8-13-9-26-13)16(27-20)14-6-5-12(21)7-15(14)22/h5-7,13,16,23H,8-11H2,1-4H3. The van der Waals surface area contributed by atoms with Crippen molar-refractivity contribution in [1.29, 1.82) is 0 Å². The molecule has 3 heterocycles. The Hall–Kier alpha value is -0.850. The number of hydrogen-bond donors (Lipinski definition) is 1. The van der Waals surface area contributed by atoms with Crippen LogP contribution in [0.5, 0.6) is 0 Å². The van der Waals surface area contributed by atoms with Gasteiger partial charge in [-0.2, -0.15) is 0 Å². The summed E-state index contributed by atoms with van der Waals surface area (Å²) >= 11 is 12.5. The number of carbonyl (C=O) groups is 1. The van der Waals surface area contributed by atoms with Gasteiger partial charge in [0, 0.05) is 39.5 Å². The smallest absolute Gasteiger partial charge is 0.257 e. The number of carbonyl (C=O) groups excluding carboxylic acids is 1. The van der Waals surface area contributed by atoms with Gasteiger partial charge in [0.15, 0.2) is 11.8 Å². The summed E-state index contributed by atoms with van der Waals surface area (Å²) in [6.07, 6.45) is 0.748. The van der Waals surface area contributed by atoms with E-state index < -0.39 is 11.8 Å². The minimum absolute atomic E-state index is 0.0247. The lowest BCUT2D eigenvalue weighted by Crippen LogP contribution is -2.65. The van der Waals surface area contributed by atoms with Crippen LogP contribution in [0.15, 0.2) is 18.2 Å². The number of nitrogens with one attached hydrogen (secondary N) is 1. The average molecular weight is 413 g/mol. The lowest BCUT2D eigenvalue weighted by molar-refractivity contribution is -0.147. The van der Waals surface area contributed by atoms with E-state index in [1.165, 1.54) is 0 Å². The highest BCUT2D eigenvalue weighted by atomic mass is 35.5. The molecule has 0 aliphatic carbocycles. The van der Waals surface area contributed by atoms with Crippen molar-refractivity contribution in [2.45, 2.75) is 69.5 Å². The monoisotopic (exact) mass is 412 g/mol. The second-order valence-corrected chi connectivity index (χ2v) is 10.1. The van der Waals surface area contributed by atoms with Gasteiger partial charge >= 0.3 is 0 Å². The van der Waals surface area contributed by atoms with Crippen molar-refractivity contribution in [3.8, 4) is 0 Å². The van der Waals surface area contributed by atoms with Crippen LogP contribution in [0.1, 0.15) is 52.3 Å². The largest absolute Gasteiger partial charge is 0.371 e. The number of nitrogens with zero attached hydrogens (tertiary/aromatic N) is 1. The van der Waals surface area contributed by atoms with E-state index in [4.69, 9.17) is 32.7 Å². The average Bonchev–Trinajstić information content (AvgIpc) is 3.27. The predicted molar refractivity (Wildman–Crippen MR) is 105 cm³/mol. The van der Waals surface area contributed by atoms with Crippen molar-refractivity contribution in [2.75, 3.05) is 13.2 Å². The van der Waals surface area contributed by atoms with Crippen LogP contribution in [0, 0.1) is 0 Å². The number of rotatable bonds is 3. The SMILES string of the molecule is CC1(C)CC2(CC(C)(C)N1)OC(c1ccc(Cl)cc1Cl)N(CC1CO1)C2=O. The maximum absolute atomic E-state index is 13.6. The van der Waals surface area contributed by atoms with Crippen LogP contribution >= 0.6 is 23.2 Å². The summed E-state index contributed by atoms with van der Waals surface area (Å²) in [7, 11) is 0. The third-order valence-corrected chi connectivity index (χ3v) is 6.00. The molecule has 1 N–H and O–H groups in total. The van der Waals surface area contributed by atoms with Crippen molar-refractivity contribution in [1.82, 2.24) is 10.2 Å². The summed E-state index contributed by atoms with van der Waals surface area (Å²) in [6.45, 7) is 9.65. The number of epoxide rings is 1. The van der Waals surface area contributed by atoms with Gasteiger partial charge < -0.3 is 19.7 Å². The summed E-state index contributed by atoms with van der Waals surface area (Å²) in [5.74, 6) is 0.0247. The van der Waals surface area contributed by atoms with E-state index in [1.54, 1.807) is 17.0 Å². The van der Waals surface area contributed by atoms with Gasteiger partial charge in [-0.1, -0.05) is 29.3 Å². The van der Waals surface area contributed by atoms with E-state index in [0.29, 0.717) is 36.0 Å². The lowest BCUT2D eigenvalue weighted by atomic mass is 9.72. The van der Waals surface area contributed by atoms with Gasteiger partial charge in [-0.3, -0.25) is 4.79 Å². The van der Waals surface area contributed by atoms with Crippen LogP contribution in [0.2, 0.25) is 10.0 Å². The number of hydrogen-bond acceptors (Lipinski definition) is 4. The first kappa shape index (κ1) is 19.5. The Morgan fingerprint density at radius 3 is 2.37 bits per heavy atom. The highest BCUT2D eigenvalue weighted by molar-refractivity contribution is 6.35. The van der Waals surface area contributed by atoms with Gasteiger partial charge in [0.25, 0.3) is 5.91 Å². The zero-order valence-electron chi connectivity index (χ0n) is 16.1. The molecule has 0 saturated carbocycles. The molecule has 148 valence electrons. The van der Waals surface area contributed by atoms with Gasteiger partial charge in [0.2, 0.25) is 0 Å². The van der Waals surface area contributed by atoms with E-state index in [-0.39, 0.29) is 23.1 Å². The van der Waals surface area contributed by atoms with Crippen LogP contribution in [0.25, 0.3) is 0 Å². The molecule has 4 rings (SSSR count). The Bertz CT molecular complexity index is 760. The van der Waals surface area contributed by atoms with E-state index in [9.17, 15) is 4.79 Å². The van der Waals surface area contributed by atoms with Crippen molar-refractivity contribution in [2.24, 2.45) is 0 Å². The van der Waals surface area contributed by atoms with Gasteiger partial charge in [-0.15, -0.1) is 0 Å². The van der Waals surface area contributed by atoms with Gasteiger partial charge in [0.1, 0.15) is 0 Å². The van der Waals surface area contributed by atoms with E-state index in [0.717, 1.165) is 5.56 Å². The summed E-state index contributed by atoms with van der Waals surface area (Å²) in [5, 5.41) is 4.69. The third-order valence-electron chi connectivity index (χ3n) is 5.43. The maximum Gasteiger partial charge on any atom is 0.257 e. The minimum Gasteiger partial charge on any atom is -0.371 e. The molecule has 1 aromatic carbocycles. The Balaban J connectivity index is 1.74. The zero-order valence-corrected chi connectivity index (χ0v) is 17.7. The van der Waals surface area contributed by atoms with Crippen LogP contribution in [0.4, 0.5) is 0 Å². The number of halogens is 2. The highest BCUT2D eigenvalue weighted by Gasteiger charge is 2.60. The molecule has 1 amide bonds. The van der Waals surface area contributed by atoms with Crippen molar-refractivity contribution in [3.05, 3.63) is 33.8 Å². The molecule has 7 heteroatoms. The van der Waals surface area contributed by atoms with Gasteiger partial charge in [0.05, 0.1) is 19.3 Å². The second-order valence-electron chi connectivity index (χ2n) is 9.29. The number of ether oxygens (including phenoxy) is 2. The molecule has 1 spiro atoms. The molecular formula is C20H26Cl2N2O3. The molecule has 0 aromatic heterocycles. The Kier molecular flexibility index (Phi) is 4.56. The maximum atomic E-state index is 13.6. The highest BCUT2D eigenvalue weighted by Crippen LogP contribution is 2.49. The Morgan fingerprint density at radius 1 is 1.19 bits per heavy atom. The predicted octanol–water partition coefficient (Wildman–Crippen LogP) is 3.93. The molecule has 0 bridgehead atoms. The second kappa shape index (κ2) is 6.33. The lowest BCUT2D eigenvalue weighted by Gasteiger charge is -2.49. The zero-order chi connectivity index (χ0) is 19.6. The summed E-state index contributed by atoms with van der Waals surface area (Å²) in [4.78, 5) is 15.4. The van der Waals surface area contributed by atoms with Crippen molar-refractivity contribution >= 4 is 29.1 Å². The van der Waals surface area contributed by atoms with Crippen molar-refractivity contribution < 1.29 is 14.3 Å². The summed E-state index contributed by atoms with van der Waals surface area (Å²) in [5.41, 5.74) is -0.558. The molecule has 3 aliphatic rings. The Labute approximate surface area is 170 Å². The molecule has 2 atom stereocenters. The molecule has 27 heavy (non-hydrogen) atoms.